The predicted molar refractivity (Wildman–Crippen MR) is 88.5 cm³/mol. The van der Waals surface area contributed by atoms with Gasteiger partial charge in [-0.1, -0.05) is 20.8 Å². The first kappa shape index (κ1) is 16.0. The summed E-state index contributed by atoms with van der Waals surface area (Å²) in [5.74, 6) is 0.826. The van der Waals surface area contributed by atoms with Gasteiger partial charge in [-0.25, -0.2) is 4.98 Å². The van der Waals surface area contributed by atoms with Crippen LogP contribution in [0.4, 0.5) is 0 Å². The minimum atomic E-state index is 0.557. The molecular formula is C17H30N2S. The van der Waals surface area contributed by atoms with Crippen LogP contribution in [0.1, 0.15) is 62.0 Å². The number of hydrogen-bond acceptors (Lipinski definition) is 3. The Bertz CT molecular complexity index is 407. The molecule has 1 aromatic rings. The zero-order valence-corrected chi connectivity index (χ0v) is 14.6. The van der Waals surface area contributed by atoms with Crippen molar-refractivity contribution in [2.45, 2.75) is 72.8 Å². The van der Waals surface area contributed by atoms with Crippen molar-refractivity contribution in [3.8, 4) is 0 Å². The van der Waals surface area contributed by atoms with Crippen LogP contribution < -0.4 is 5.32 Å². The van der Waals surface area contributed by atoms with Gasteiger partial charge in [-0.05, 0) is 57.4 Å². The lowest BCUT2D eigenvalue weighted by Gasteiger charge is -2.38. The molecular weight excluding hydrogens is 264 g/mol. The molecule has 0 amide bonds. The second kappa shape index (κ2) is 6.57. The molecule has 1 aliphatic rings. The summed E-state index contributed by atoms with van der Waals surface area (Å²) >= 11 is 1.88. The summed E-state index contributed by atoms with van der Waals surface area (Å²) in [4.78, 5) is 6.11. The van der Waals surface area contributed by atoms with Crippen LogP contribution in [0.3, 0.4) is 0 Å². The third-order valence-electron chi connectivity index (χ3n) is 4.89. The van der Waals surface area contributed by atoms with Gasteiger partial charge in [-0.3, -0.25) is 0 Å². The molecule has 20 heavy (non-hydrogen) atoms. The normalized spacial score (nSPS) is 21.1. The summed E-state index contributed by atoms with van der Waals surface area (Å²) in [6.45, 7) is 12.4. The molecule has 3 heteroatoms. The van der Waals surface area contributed by atoms with E-state index in [1.165, 1.54) is 41.3 Å². The van der Waals surface area contributed by atoms with E-state index in [4.69, 9.17) is 4.98 Å². The summed E-state index contributed by atoms with van der Waals surface area (Å²) < 4.78 is 0. The summed E-state index contributed by atoms with van der Waals surface area (Å²) in [5, 5.41) is 5.04. The molecule has 1 N–H and O–H groups in total. The van der Waals surface area contributed by atoms with Gasteiger partial charge in [0.2, 0.25) is 0 Å². The van der Waals surface area contributed by atoms with E-state index in [2.05, 4.69) is 39.9 Å². The summed E-state index contributed by atoms with van der Waals surface area (Å²) in [7, 11) is 0. The number of thiazole rings is 1. The minimum Gasteiger partial charge on any atom is -0.314 e. The molecule has 1 saturated carbocycles. The number of aryl methyl sites for hydroxylation is 2. The molecule has 1 unspecified atom stereocenters. The Morgan fingerprint density at radius 1 is 1.30 bits per heavy atom. The number of aromatic nitrogens is 1. The zero-order valence-electron chi connectivity index (χ0n) is 13.8. The van der Waals surface area contributed by atoms with Gasteiger partial charge in [-0.15, -0.1) is 11.3 Å². The molecule has 1 atom stereocenters. The van der Waals surface area contributed by atoms with Crippen molar-refractivity contribution in [1.82, 2.24) is 10.3 Å². The van der Waals surface area contributed by atoms with E-state index >= 15 is 0 Å². The van der Waals surface area contributed by atoms with Crippen LogP contribution >= 0.6 is 11.3 Å². The third-order valence-corrected chi connectivity index (χ3v) is 5.98. The average molecular weight is 295 g/mol. The number of nitrogens with one attached hydrogen (secondary N) is 1. The Hall–Kier alpha value is -0.410. The minimum absolute atomic E-state index is 0.557. The van der Waals surface area contributed by atoms with Gasteiger partial charge >= 0.3 is 0 Å². The van der Waals surface area contributed by atoms with E-state index in [-0.39, 0.29) is 0 Å². The monoisotopic (exact) mass is 294 g/mol. The lowest BCUT2D eigenvalue weighted by molar-refractivity contribution is 0.161. The highest BCUT2D eigenvalue weighted by Gasteiger charge is 2.31. The molecule has 0 spiro atoms. The first-order valence-corrected chi connectivity index (χ1v) is 8.89. The molecule has 0 radical (unpaired) electrons. The Kier molecular flexibility index (Phi) is 5.25. The van der Waals surface area contributed by atoms with Gasteiger partial charge in [0.05, 0.1) is 10.7 Å². The highest BCUT2D eigenvalue weighted by atomic mass is 32.1. The van der Waals surface area contributed by atoms with Crippen LogP contribution in [-0.4, -0.2) is 17.6 Å². The fraction of sp³-hybridized carbons (Fsp3) is 0.824. The first-order valence-electron chi connectivity index (χ1n) is 8.07. The van der Waals surface area contributed by atoms with Gasteiger partial charge in [0.15, 0.2) is 0 Å². The van der Waals surface area contributed by atoms with Crippen LogP contribution in [0.2, 0.25) is 0 Å². The van der Waals surface area contributed by atoms with Crippen molar-refractivity contribution in [3.63, 3.8) is 0 Å². The fourth-order valence-electron chi connectivity index (χ4n) is 3.31. The maximum absolute atomic E-state index is 4.73. The van der Waals surface area contributed by atoms with Gasteiger partial charge in [-0.2, -0.15) is 0 Å². The number of hydrogen-bond donors (Lipinski definition) is 1. The maximum Gasteiger partial charge on any atom is 0.0946 e. The Balaban J connectivity index is 2.00. The molecule has 0 bridgehead atoms. The molecule has 0 saturated heterocycles. The maximum atomic E-state index is 4.73. The van der Waals surface area contributed by atoms with Gasteiger partial charge in [0.25, 0.3) is 0 Å². The van der Waals surface area contributed by atoms with Crippen LogP contribution in [0, 0.1) is 25.2 Å². The summed E-state index contributed by atoms with van der Waals surface area (Å²) in [6, 6.07) is 0.612. The second-order valence-electron chi connectivity index (χ2n) is 7.12. The van der Waals surface area contributed by atoms with E-state index in [9.17, 15) is 0 Å². The lowest BCUT2D eigenvalue weighted by atomic mass is 9.70. The largest absolute Gasteiger partial charge is 0.314 e. The number of likely N-dealkylation sites (N-methyl/N-ethyl adjacent to an activating group) is 1. The van der Waals surface area contributed by atoms with Crippen molar-refractivity contribution < 1.29 is 0 Å². The zero-order chi connectivity index (χ0) is 14.8. The van der Waals surface area contributed by atoms with E-state index < -0.39 is 0 Å². The Morgan fingerprint density at radius 3 is 2.45 bits per heavy atom. The van der Waals surface area contributed by atoms with Crippen molar-refractivity contribution in [1.29, 1.82) is 0 Å². The fourth-order valence-corrected chi connectivity index (χ4v) is 4.30. The van der Waals surface area contributed by atoms with Crippen LogP contribution in [0.5, 0.6) is 0 Å². The predicted octanol–water partition coefficient (Wildman–Crippen LogP) is 4.50. The Morgan fingerprint density at radius 2 is 1.95 bits per heavy atom. The number of nitrogens with zero attached hydrogens (tertiary/aromatic N) is 1. The van der Waals surface area contributed by atoms with Gasteiger partial charge < -0.3 is 5.32 Å². The molecule has 1 heterocycles. The van der Waals surface area contributed by atoms with Crippen molar-refractivity contribution >= 4 is 11.3 Å². The SMILES string of the molecule is CCNC(Cc1nc(C)c(C)s1)C1CCC(C)(C)CC1. The molecule has 2 rings (SSSR count). The second-order valence-corrected chi connectivity index (χ2v) is 8.41. The van der Waals surface area contributed by atoms with Gasteiger partial charge in [0.1, 0.15) is 0 Å². The number of rotatable bonds is 5. The van der Waals surface area contributed by atoms with Crippen molar-refractivity contribution in [2.24, 2.45) is 11.3 Å². The molecule has 1 aliphatic carbocycles. The van der Waals surface area contributed by atoms with Crippen LogP contribution in [-0.2, 0) is 6.42 Å². The third kappa shape index (κ3) is 4.05. The van der Waals surface area contributed by atoms with Crippen LogP contribution in [0.25, 0.3) is 0 Å². The average Bonchev–Trinajstić information content (AvgIpc) is 2.68. The molecule has 1 aromatic heterocycles. The van der Waals surface area contributed by atoms with E-state index in [1.54, 1.807) is 0 Å². The summed E-state index contributed by atoms with van der Waals surface area (Å²) in [6.07, 6.45) is 6.59. The van der Waals surface area contributed by atoms with E-state index in [0.29, 0.717) is 11.5 Å². The van der Waals surface area contributed by atoms with Gasteiger partial charge in [0, 0.05) is 17.3 Å². The Labute approximate surface area is 128 Å². The summed E-state index contributed by atoms with van der Waals surface area (Å²) in [5.41, 5.74) is 1.77. The molecule has 1 fully saturated rings. The molecule has 114 valence electrons. The smallest absolute Gasteiger partial charge is 0.0946 e. The highest BCUT2D eigenvalue weighted by Crippen LogP contribution is 2.39. The quantitative estimate of drug-likeness (QED) is 0.865. The highest BCUT2D eigenvalue weighted by molar-refractivity contribution is 7.11. The topological polar surface area (TPSA) is 24.9 Å². The molecule has 0 aliphatic heterocycles. The van der Waals surface area contributed by atoms with Crippen molar-refractivity contribution in [3.05, 3.63) is 15.6 Å². The standard InChI is InChI=1S/C17H30N2S/c1-6-18-15(11-16-19-12(2)13(3)20-16)14-7-9-17(4,5)10-8-14/h14-15,18H,6-11H2,1-5H3. The molecule has 0 aromatic carbocycles. The first-order chi connectivity index (χ1) is 9.41. The van der Waals surface area contributed by atoms with E-state index in [1.807, 2.05) is 11.3 Å². The van der Waals surface area contributed by atoms with E-state index in [0.717, 1.165) is 18.9 Å². The molecule has 2 nitrogen and oxygen atoms in total. The van der Waals surface area contributed by atoms with Crippen LogP contribution in [0.15, 0.2) is 0 Å². The van der Waals surface area contributed by atoms with Crippen molar-refractivity contribution in [2.75, 3.05) is 6.54 Å². The lowest BCUT2D eigenvalue weighted by Crippen LogP contribution is -2.40.